The first-order valence-corrected chi connectivity index (χ1v) is 10.2. The number of halogens is 2. The zero-order valence-corrected chi connectivity index (χ0v) is 16.0. The highest BCUT2D eigenvalue weighted by molar-refractivity contribution is 7.92. The predicted octanol–water partition coefficient (Wildman–Crippen LogP) is 3.99. The molecule has 0 radical (unpaired) electrons. The summed E-state index contributed by atoms with van der Waals surface area (Å²) >= 11 is 0. The van der Waals surface area contributed by atoms with Crippen LogP contribution >= 0.6 is 0 Å². The molecule has 0 fully saturated rings. The van der Waals surface area contributed by atoms with Gasteiger partial charge in [-0.2, -0.15) is 5.26 Å². The van der Waals surface area contributed by atoms with E-state index in [9.17, 15) is 27.6 Å². The summed E-state index contributed by atoms with van der Waals surface area (Å²) in [5.41, 5.74) is 0.611. The molecule has 6 nitrogen and oxygen atoms in total. The molecular formula is C20H15F2N3O3S. The normalized spacial score (nSPS) is 15.5. The van der Waals surface area contributed by atoms with E-state index in [0.717, 1.165) is 22.5 Å². The Morgan fingerprint density at radius 3 is 2.41 bits per heavy atom. The Balaban J connectivity index is 2.06. The Kier molecular flexibility index (Phi) is 4.31. The smallest absolute Gasteiger partial charge is 0.265 e. The largest absolute Gasteiger partial charge is 0.508 e. The summed E-state index contributed by atoms with van der Waals surface area (Å²) in [5.74, 6) is -2.60. The van der Waals surface area contributed by atoms with E-state index in [1.807, 2.05) is 6.07 Å². The molecule has 1 aliphatic rings. The fraction of sp³-hybridized carbons (Fsp3) is 0.150. The number of rotatable bonds is 3. The summed E-state index contributed by atoms with van der Waals surface area (Å²) in [6, 6.07) is 11.2. The maximum atomic E-state index is 14.1. The first-order chi connectivity index (χ1) is 13.8. The topological polar surface area (TPSA) is 86.3 Å². The highest BCUT2D eigenvalue weighted by Crippen LogP contribution is 2.45. The number of hydrogen-bond acceptors (Lipinski definition) is 4. The van der Waals surface area contributed by atoms with E-state index in [1.165, 1.54) is 28.8 Å². The molecule has 1 aromatic heterocycles. The van der Waals surface area contributed by atoms with Crippen molar-refractivity contribution in [3.8, 4) is 17.5 Å². The fourth-order valence-corrected chi connectivity index (χ4v) is 5.41. The lowest BCUT2D eigenvalue weighted by Gasteiger charge is -2.38. The number of aromatic nitrogens is 1. The van der Waals surface area contributed by atoms with E-state index in [4.69, 9.17) is 0 Å². The molecule has 9 heteroatoms. The van der Waals surface area contributed by atoms with Crippen molar-refractivity contribution in [2.24, 2.45) is 0 Å². The molecular weight excluding hydrogens is 400 g/mol. The lowest BCUT2D eigenvalue weighted by Crippen LogP contribution is -2.39. The molecule has 29 heavy (non-hydrogen) atoms. The third kappa shape index (κ3) is 2.76. The van der Waals surface area contributed by atoms with Crippen molar-refractivity contribution in [2.45, 2.75) is 24.3 Å². The van der Waals surface area contributed by atoms with Crippen LogP contribution in [0.4, 0.5) is 14.5 Å². The van der Waals surface area contributed by atoms with Crippen LogP contribution in [0.3, 0.4) is 0 Å². The van der Waals surface area contributed by atoms with Crippen LogP contribution in [0, 0.1) is 23.0 Å². The third-order valence-corrected chi connectivity index (χ3v) is 6.73. The van der Waals surface area contributed by atoms with Crippen LogP contribution in [-0.4, -0.2) is 18.1 Å². The van der Waals surface area contributed by atoms with Gasteiger partial charge in [0.1, 0.15) is 17.5 Å². The van der Waals surface area contributed by atoms with Crippen molar-refractivity contribution < 1.29 is 22.3 Å². The fourth-order valence-electron chi connectivity index (χ4n) is 3.67. The molecule has 1 unspecified atom stereocenters. The first-order valence-electron chi connectivity index (χ1n) is 8.74. The van der Waals surface area contributed by atoms with E-state index in [-0.39, 0.29) is 27.7 Å². The average molecular weight is 415 g/mol. The van der Waals surface area contributed by atoms with Crippen LogP contribution < -0.4 is 4.31 Å². The molecule has 0 aliphatic carbocycles. The highest BCUT2D eigenvalue weighted by atomic mass is 32.2. The minimum Gasteiger partial charge on any atom is -0.508 e. The molecule has 3 aromatic rings. The van der Waals surface area contributed by atoms with Crippen LogP contribution in [0.1, 0.15) is 30.8 Å². The zero-order chi connectivity index (χ0) is 20.9. The van der Waals surface area contributed by atoms with Crippen molar-refractivity contribution in [3.63, 3.8) is 0 Å². The van der Waals surface area contributed by atoms with Gasteiger partial charge in [0.05, 0.1) is 22.3 Å². The van der Waals surface area contributed by atoms with Crippen LogP contribution in [0.25, 0.3) is 5.69 Å². The van der Waals surface area contributed by atoms with E-state index in [0.29, 0.717) is 12.1 Å². The number of nitriles is 1. The highest BCUT2D eigenvalue weighted by Gasteiger charge is 2.40. The molecule has 2 heterocycles. The number of phenols is 1. The number of fused-ring (bicyclic) bond motifs is 3. The second kappa shape index (κ2) is 6.60. The lowest BCUT2D eigenvalue weighted by atomic mass is 10.1. The van der Waals surface area contributed by atoms with Gasteiger partial charge in [-0.25, -0.2) is 17.2 Å². The maximum absolute atomic E-state index is 14.1. The minimum atomic E-state index is -4.24. The Bertz CT molecular complexity index is 1280. The van der Waals surface area contributed by atoms with E-state index in [2.05, 4.69) is 0 Å². The van der Waals surface area contributed by atoms with Crippen molar-refractivity contribution in [3.05, 3.63) is 71.6 Å². The molecule has 1 N–H and O–H groups in total. The SMILES string of the molecule is CCC1c2ccc(C#N)n2-c2cc(F)c(F)cc2N1S(=O)(=O)c1cccc(O)c1. The second-order valence-corrected chi connectivity index (χ2v) is 8.38. The first kappa shape index (κ1) is 19.0. The summed E-state index contributed by atoms with van der Waals surface area (Å²) in [6.45, 7) is 1.75. The van der Waals surface area contributed by atoms with Gasteiger partial charge in [0, 0.05) is 23.9 Å². The molecule has 1 aliphatic heterocycles. The Morgan fingerprint density at radius 1 is 1.10 bits per heavy atom. The summed E-state index contributed by atoms with van der Waals surface area (Å²) in [7, 11) is -4.24. The molecule has 0 amide bonds. The monoisotopic (exact) mass is 415 g/mol. The molecule has 0 spiro atoms. The molecule has 0 bridgehead atoms. The lowest BCUT2D eigenvalue weighted by molar-refractivity contribution is 0.473. The van der Waals surface area contributed by atoms with Crippen molar-refractivity contribution in [2.75, 3.05) is 4.31 Å². The van der Waals surface area contributed by atoms with E-state index in [1.54, 1.807) is 13.0 Å². The predicted molar refractivity (Wildman–Crippen MR) is 101 cm³/mol. The van der Waals surface area contributed by atoms with E-state index >= 15 is 0 Å². The van der Waals surface area contributed by atoms with Crippen LogP contribution in [0.5, 0.6) is 5.75 Å². The van der Waals surface area contributed by atoms with E-state index < -0.39 is 27.7 Å². The molecule has 148 valence electrons. The maximum Gasteiger partial charge on any atom is 0.265 e. The standard InChI is InChI=1S/C20H15F2N3O3S/c1-2-17-18-7-6-12(11-23)24(18)19-9-15(21)16(22)10-20(19)25(17)29(27,28)14-5-3-4-13(26)8-14/h3-10,17,26H,2H2,1H3. The number of anilines is 1. The minimum absolute atomic E-state index is 0.0499. The molecule has 2 aromatic carbocycles. The van der Waals surface area contributed by atoms with Crippen LogP contribution in [0.2, 0.25) is 0 Å². The average Bonchev–Trinajstić information content (AvgIpc) is 3.12. The quantitative estimate of drug-likeness (QED) is 0.701. The van der Waals surface area contributed by atoms with Crippen LogP contribution in [0.15, 0.2) is 53.4 Å². The summed E-state index contributed by atoms with van der Waals surface area (Å²) in [6.07, 6.45) is 0.311. The second-order valence-electron chi connectivity index (χ2n) is 6.57. The zero-order valence-electron chi connectivity index (χ0n) is 15.2. The number of hydrogen-bond donors (Lipinski definition) is 1. The van der Waals surface area contributed by atoms with Gasteiger partial charge in [0.2, 0.25) is 0 Å². The van der Waals surface area contributed by atoms with Gasteiger partial charge < -0.3 is 9.67 Å². The molecule has 4 rings (SSSR count). The summed E-state index contributed by atoms with van der Waals surface area (Å²) in [4.78, 5) is -0.188. The van der Waals surface area contributed by atoms with Gasteiger partial charge in [-0.3, -0.25) is 4.31 Å². The van der Waals surface area contributed by atoms with Crippen molar-refractivity contribution in [1.82, 2.24) is 4.57 Å². The Hall–Kier alpha value is -3.38. The van der Waals surface area contributed by atoms with Gasteiger partial charge in [0.25, 0.3) is 10.0 Å². The molecule has 0 saturated carbocycles. The number of benzene rings is 2. The van der Waals surface area contributed by atoms with Crippen molar-refractivity contribution in [1.29, 1.82) is 5.26 Å². The van der Waals surface area contributed by atoms with Gasteiger partial charge in [-0.15, -0.1) is 0 Å². The van der Waals surface area contributed by atoms with Crippen molar-refractivity contribution >= 4 is 15.7 Å². The Morgan fingerprint density at radius 2 is 1.79 bits per heavy atom. The molecule has 0 saturated heterocycles. The summed E-state index contributed by atoms with van der Waals surface area (Å²) in [5, 5.41) is 19.2. The molecule has 1 atom stereocenters. The number of aromatic hydroxyl groups is 1. The number of sulfonamides is 1. The number of phenolic OH excluding ortho intramolecular Hbond substituents is 1. The van der Waals surface area contributed by atoms with Gasteiger partial charge >= 0.3 is 0 Å². The van der Waals surface area contributed by atoms with Gasteiger partial charge in [-0.1, -0.05) is 13.0 Å². The third-order valence-electron chi connectivity index (χ3n) is 4.91. The van der Waals surface area contributed by atoms with Gasteiger partial charge in [0.15, 0.2) is 11.6 Å². The number of nitrogens with zero attached hydrogens (tertiary/aromatic N) is 3. The summed E-state index contributed by atoms with van der Waals surface area (Å²) < 4.78 is 57.6. The Labute approximate surface area is 165 Å². The van der Waals surface area contributed by atoms with Gasteiger partial charge in [-0.05, 0) is 30.7 Å². The van der Waals surface area contributed by atoms with Crippen LogP contribution in [-0.2, 0) is 10.0 Å².